The first-order valence-electron chi connectivity index (χ1n) is 8.99. The summed E-state index contributed by atoms with van der Waals surface area (Å²) in [6, 6.07) is 15.0. The quantitative estimate of drug-likeness (QED) is 0.869. The van der Waals surface area contributed by atoms with E-state index in [9.17, 15) is 9.59 Å². The van der Waals surface area contributed by atoms with Gasteiger partial charge in [-0.05, 0) is 37.0 Å². The first-order chi connectivity index (χ1) is 12.6. The van der Waals surface area contributed by atoms with Crippen LogP contribution in [0, 0.1) is 6.92 Å². The molecule has 3 rings (SSSR count). The molecule has 5 heteroatoms. The van der Waals surface area contributed by atoms with Crippen molar-refractivity contribution in [3.05, 3.63) is 65.2 Å². The highest BCUT2D eigenvalue weighted by atomic mass is 16.2. The maximum absolute atomic E-state index is 12.7. The number of aryl methyl sites for hydroxylation is 2. The van der Waals surface area contributed by atoms with Crippen LogP contribution < -0.4 is 15.5 Å². The molecule has 0 radical (unpaired) electrons. The molecule has 0 bridgehead atoms. The van der Waals surface area contributed by atoms with Crippen LogP contribution in [0.15, 0.2) is 48.5 Å². The molecule has 1 heterocycles. The van der Waals surface area contributed by atoms with Crippen molar-refractivity contribution in [2.24, 2.45) is 0 Å². The van der Waals surface area contributed by atoms with E-state index < -0.39 is 6.04 Å². The van der Waals surface area contributed by atoms with Crippen molar-refractivity contribution in [2.75, 3.05) is 25.0 Å². The van der Waals surface area contributed by atoms with Crippen molar-refractivity contribution >= 4 is 17.5 Å². The van der Waals surface area contributed by atoms with Gasteiger partial charge in [0.2, 0.25) is 11.8 Å². The van der Waals surface area contributed by atoms with Gasteiger partial charge in [-0.2, -0.15) is 0 Å². The zero-order valence-electron chi connectivity index (χ0n) is 15.3. The van der Waals surface area contributed by atoms with Crippen molar-refractivity contribution in [3.63, 3.8) is 0 Å². The number of benzene rings is 2. The molecule has 2 amide bonds. The van der Waals surface area contributed by atoms with Crippen LogP contribution in [0.1, 0.15) is 29.2 Å². The van der Waals surface area contributed by atoms with Crippen LogP contribution in [-0.2, 0) is 16.0 Å². The van der Waals surface area contributed by atoms with Crippen LogP contribution in [0.5, 0.6) is 0 Å². The second-order valence-electron chi connectivity index (χ2n) is 6.68. The summed E-state index contributed by atoms with van der Waals surface area (Å²) < 4.78 is 0. The number of nitrogens with zero attached hydrogens (tertiary/aromatic N) is 1. The van der Waals surface area contributed by atoms with Crippen LogP contribution in [0.3, 0.4) is 0 Å². The molecule has 2 N–H and O–H groups in total. The lowest BCUT2D eigenvalue weighted by Crippen LogP contribution is -2.44. The van der Waals surface area contributed by atoms with Gasteiger partial charge in [-0.3, -0.25) is 9.59 Å². The normalized spacial score (nSPS) is 14.3. The third-order valence-corrected chi connectivity index (χ3v) is 4.73. The summed E-state index contributed by atoms with van der Waals surface area (Å²) in [6.45, 7) is 3.18. The molecular weight excluding hydrogens is 326 g/mol. The Balaban J connectivity index is 1.73. The van der Waals surface area contributed by atoms with E-state index in [1.165, 1.54) is 11.1 Å². The molecule has 2 aromatic carbocycles. The van der Waals surface area contributed by atoms with Crippen molar-refractivity contribution in [1.82, 2.24) is 10.6 Å². The molecule has 0 fully saturated rings. The van der Waals surface area contributed by atoms with E-state index in [0.29, 0.717) is 0 Å². The van der Waals surface area contributed by atoms with Crippen molar-refractivity contribution in [1.29, 1.82) is 0 Å². The number of anilines is 1. The minimum atomic E-state index is -0.684. The number of amides is 2. The van der Waals surface area contributed by atoms with Gasteiger partial charge in [0.05, 0.1) is 6.54 Å². The lowest BCUT2D eigenvalue weighted by molar-refractivity contribution is -0.128. The number of nitrogens with one attached hydrogen (secondary N) is 2. The van der Waals surface area contributed by atoms with Crippen LogP contribution in [-0.4, -0.2) is 32.0 Å². The number of carbonyl (C=O) groups excluding carboxylic acids is 2. The number of rotatable bonds is 5. The summed E-state index contributed by atoms with van der Waals surface area (Å²) in [5.74, 6) is -0.380. The highest BCUT2D eigenvalue weighted by Gasteiger charge is 2.24. The fourth-order valence-corrected chi connectivity index (χ4v) is 3.44. The summed E-state index contributed by atoms with van der Waals surface area (Å²) in [6.07, 6.45) is 2.07. The molecule has 1 aliphatic heterocycles. The zero-order chi connectivity index (χ0) is 18.5. The van der Waals surface area contributed by atoms with Gasteiger partial charge in [0.25, 0.3) is 0 Å². The molecule has 0 aliphatic carbocycles. The Morgan fingerprint density at radius 1 is 1.15 bits per heavy atom. The fraction of sp³-hybridized carbons (Fsp3) is 0.333. The molecule has 1 aliphatic rings. The summed E-state index contributed by atoms with van der Waals surface area (Å²) in [5, 5.41) is 5.51. The Morgan fingerprint density at radius 2 is 1.92 bits per heavy atom. The Morgan fingerprint density at radius 3 is 2.65 bits per heavy atom. The van der Waals surface area contributed by atoms with Gasteiger partial charge < -0.3 is 15.5 Å². The lowest BCUT2D eigenvalue weighted by atomic mass is 9.99. The Labute approximate surface area is 154 Å². The van der Waals surface area contributed by atoms with Crippen LogP contribution >= 0.6 is 0 Å². The van der Waals surface area contributed by atoms with Gasteiger partial charge in [-0.15, -0.1) is 0 Å². The number of carbonyl (C=O) groups is 2. The van der Waals surface area contributed by atoms with Crippen LogP contribution in [0.2, 0.25) is 0 Å². The predicted octanol–water partition coefficient (Wildman–Crippen LogP) is 2.35. The van der Waals surface area contributed by atoms with Gasteiger partial charge in [0.15, 0.2) is 0 Å². The van der Waals surface area contributed by atoms with Crippen molar-refractivity contribution in [3.8, 4) is 0 Å². The van der Waals surface area contributed by atoms with E-state index in [4.69, 9.17) is 0 Å². The minimum Gasteiger partial charge on any atom is -0.362 e. The number of hydrogen-bond donors (Lipinski definition) is 2. The highest BCUT2D eigenvalue weighted by Crippen LogP contribution is 2.27. The molecule has 0 saturated heterocycles. The monoisotopic (exact) mass is 351 g/mol. The van der Waals surface area contributed by atoms with Crippen LogP contribution in [0.4, 0.5) is 5.69 Å². The van der Waals surface area contributed by atoms with Gasteiger partial charge in [-0.1, -0.05) is 48.0 Å². The van der Waals surface area contributed by atoms with Gasteiger partial charge >= 0.3 is 0 Å². The van der Waals surface area contributed by atoms with E-state index in [0.717, 1.165) is 30.6 Å². The molecule has 0 saturated carbocycles. The Kier molecular flexibility index (Phi) is 5.56. The first kappa shape index (κ1) is 18.0. The Hall–Kier alpha value is -2.82. The second-order valence-corrected chi connectivity index (χ2v) is 6.68. The average Bonchev–Trinajstić information content (AvgIpc) is 2.66. The molecule has 136 valence electrons. The molecule has 1 unspecified atom stereocenters. The average molecular weight is 351 g/mol. The minimum absolute atomic E-state index is 0.157. The maximum atomic E-state index is 12.7. The third-order valence-electron chi connectivity index (χ3n) is 4.73. The largest absolute Gasteiger partial charge is 0.362 e. The van der Waals surface area contributed by atoms with E-state index in [-0.39, 0.29) is 18.4 Å². The molecule has 5 nitrogen and oxygen atoms in total. The summed E-state index contributed by atoms with van der Waals surface area (Å²) >= 11 is 0. The molecule has 1 atom stereocenters. The molecule has 2 aromatic rings. The summed E-state index contributed by atoms with van der Waals surface area (Å²) in [4.78, 5) is 27.0. The zero-order valence-corrected chi connectivity index (χ0v) is 15.3. The second kappa shape index (κ2) is 8.04. The smallest absolute Gasteiger partial charge is 0.246 e. The standard InChI is InChI=1S/C21H25N3O2/c1-15-10-11-18-17(13-15)9-6-12-24(18)14-19(25)23-20(21(26)22-2)16-7-4-3-5-8-16/h3-5,7-8,10-11,13,20H,6,9,12,14H2,1-2H3,(H,22,26)(H,23,25). The topological polar surface area (TPSA) is 61.4 Å². The molecule has 0 spiro atoms. The summed E-state index contributed by atoms with van der Waals surface area (Å²) in [5.41, 5.74) is 4.41. The van der Waals surface area contributed by atoms with E-state index in [1.54, 1.807) is 7.05 Å². The van der Waals surface area contributed by atoms with Gasteiger partial charge in [0.1, 0.15) is 6.04 Å². The number of fused-ring (bicyclic) bond motifs is 1. The van der Waals surface area contributed by atoms with Gasteiger partial charge in [0, 0.05) is 19.3 Å². The maximum Gasteiger partial charge on any atom is 0.246 e. The summed E-state index contributed by atoms with van der Waals surface area (Å²) in [7, 11) is 1.58. The van der Waals surface area contributed by atoms with Crippen LogP contribution in [0.25, 0.3) is 0 Å². The van der Waals surface area contributed by atoms with Crippen molar-refractivity contribution < 1.29 is 9.59 Å². The molecule has 26 heavy (non-hydrogen) atoms. The van der Waals surface area contributed by atoms with E-state index in [1.807, 2.05) is 30.3 Å². The predicted molar refractivity (Wildman–Crippen MR) is 103 cm³/mol. The molecular formula is C21H25N3O2. The highest BCUT2D eigenvalue weighted by molar-refractivity contribution is 5.90. The molecule has 0 aromatic heterocycles. The number of likely N-dealkylation sites (N-methyl/N-ethyl adjacent to an activating group) is 1. The van der Waals surface area contributed by atoms with Gasteiger partial charge in [-0.25, -0.2) is 0 Å². The Bertz CT molecular complexity index is 789. The lowest BCUT2D eigenvalue weighted by Gasteiger charge is -2.31. The number of hydrogen-bond acceptors (Lipinski definition) is 3. The third kappa shape index (κ3) is 4.04. The first-order valence-corrected chi connectivity index (χ1v) is 8.99. The SMILES string of the molecule is CNC(=O)C(NC(=O)CN1CCCc2cc(C)ccc21)c1ccccc1. The van der Waals surface area contributed by atoms with E-state index in [2.05, 4.69) is 40.7 Å². The van der Waals surface area contributed by atoms with Crippen molar-refractivity contribution in [2.45, 2.75) is 25.8 Å². The fourth-order valence-electron chi connectivity index (χ4n) is 3.44. The van der Waals surface area contributed by atoms with E-state index >= 15 is 0 Å².